The topological polar surface area (TPSA) is 59.2 Å². The van der Waals surface area contributed by atoms with Crippen LogP contribution in [0.3, 0.4) is 0 Å². The maximum absolute atomic E-state index is 12.8. The number of aromatic nitrogens is 1. The molecule has 1 amide bonds. The third-order valence-corrected chi connectivity index (χ3v) is 4.13. The van der Waals surface area contributed by atoms with Crippen molar-refractivity contribution in [2.45, 2.75) is 65.0 Å². The first-order chi connectivity index (χ1) is 9.40. The highest BCUT2D eigenvalue weighted by molar-refractivity contribution is 5.95. The number of likely N-dealkylation sites (tertiary alicyclic amines) is 1. The Morgan fingerprint density at radius 2 is 1.90 bits per heavy atom. The van der Waals surface area contributed by atoms with E-state index in [9.17, 15) is 4.79 Å². The first-order valence-electron chi connectivity index (χ1n) is 7.50. The summed E-state index contributed by atoms with van der Waals surface area (Å²) in [6, 6.07) is 4.17. The average Bonchev–Trinajstić information content (AvgIpc) is 2.37. The molecule has 0 aliphatic carbocycles. The lowest BCUT2D eigenvalue weighted by Gasteiger charge is -2.39. The highest BCUT2D eigenvalue weighted by Crippen LogP contribution is 2.26. The number of pyridine rings is 1. The molecule has 4 heteroatoms. The van der Waals surface area contributed by atoms with E-state index in [0.717, 1.165) is 18.5 Å². The molecule has 1 aromatic heterocycles. The maximum Gasteiger partial charge on any atom is 0.254 e. The average molecular weight is 275 g/mol. The fraction of sp³-hybridized carbons (Fsp3) is 0.625. The fourth-order valence-electron chi connectivity index (χ4n) is 2.96. The molecule has 2 N–H and O–H groups in total. The molecule has 2 heterocycles. The van der Waals surface area contributed by atoms with Gasteiger partial charge < -0.3 is 10.6 Å². The van der Waals surface area contributed by atoms with E-state index >= 15 is 0 Å². The summed E-state index contributed by atoms with van der Waals surface area (Å²) in [5.74, 6) is 0.777. The van der Waals surface area contributed by atoms with Gasteiger partial charge in [-0.1, -0.05) is 13.8 Å². The molecule has 2 atom stereocenters. The summed E-state index contributed by atoms with van der Waals surface area (Å²) in [7, 11) is 0. The van der Waals surface area contributed by atoms with Crippen molar-refractivity contribution in [1.82, 2.24) is 9.88 Å². The van der Waals surface area contributed by atoms with Gasteiger partial charge in [0.05, 0.1) is 0 Å². The van der Waals surface area contributed by atoms with Gasteiger partial charge in [-0.2, -0.15) is 0 Å². The van der Waals surface area contributed by atoms with Crippen LogP contribution in [0, 0.1) is 0 Å². The van der Waals surface area contributed by atoms with E-state index in [1.165, 1.54) is 6.42 Å². The monoisotopic (exact) mass is 275 g/mol. The van der Waals surface area contributed by atoms with Crippen LogP contribution in [-0.4, -0.2) is 27.9 Å². The second kappa shape index (κ2) is 5.81. The van der Waals surface area contributed by atoms with Gasteiger partial charge in [0, 0.05) is 23.3 Å². The Hall–Kier alpha value is -1.58. The lowest BCUT2D eigenvalue weighted by molar-refractivity contribution is 0.0510. The van der Waals surface area contributed by atoms with Crippen molar-refractivity contribution in [3.63, 3.8) is 0 Å². The molecule has 110 valence electrons. The molecule has 1 fully saturated rings. The quantitative estimate of drug-likeness (QED) is 0.901. The smallest absolute Gasteiger partial charge is 0.254 e. The molecule has 0 spiro atoms. The van der Waals surface area contributed by atoms with Gasteiger partial charge in [-0.05, 0) is 51.2 Å². The zero-order valence-corrected chi connectivity index (χ0v) is 12.9. The second-order valence-corrected chi connectivity index (χ2v) is 6.20. The number of nitrogen functional groups attached to an aromatic ring is 1. The van der Waals surface area contributed by atoms with Gasteiger partial charge in [0.1, 0.15) is 5.82 Å². The van der Waals surface area contributed by atoms with Crippen LogP contribution in [0.2, 0.25) is 0 Å². The summed E-state index contributed by atoms with van der Waals surface area (Å²) in [5.41, 5.74) is 7.40. The summed E-state index contributed by atoms with van der Waals surface area (Å²) in [6.45, 7) is 8.37. The van der Waals surface area contributed by atoms with Gasteiger partial charge in [-0.25, -0.2) is 4.98 Å². The Morgan fingerprint density at radius 1 is 1.30 bits per heavy atom. The number of anilines is 1. The molecule has 1 aromatic rings. The molecule has 1 saturated heterocycles. The van der Waals surface area contributed by atoms with Gasteiger partial charge in [-0.3, -0.25) is 4.79 Å². The summed E-state index contributed by atoms with van der Waals surface area (Å²) < 4.78 is 0. The Morgan fingerprint density at radius 3 is 2.45 bits per heavy atom. The van der Waals surface area contributed by atoms with Crippen LogP contribution in [0.1, 0.15) is 68.9 Å². The van der Waals surface area contributed by atoms with E-state index in [-0.39, 0.29) is 11.8 Å². The van der Waals surface area contributed by atoms with Crippen LogP contribution in [0.5, 0.6) is 0 Å². The molecule has 1 aliphatic heterocycles. The van der Waals surface area contributed by atoms with Crippen molar-refractivity contribution in [2.24, 2.45) is 0 Å². The van der Waals surface area contributed by atoms with Crippen LogP contribution < -0.4 is 5.73 Å². The van der Waals surface area contributed by atoms with E-state index in [0.29, 0.717) is 23.5 Å². The van der Waals surface area contributed by atoms with E-state index < -0.39 is 0 Å². The van der Waals surface area contributed by atoms with E-state index in [4.69, 9.17) is 5.73 Å². The highest BCUT2D eigenvalue weighted by Gasteiger charge is 2.30. The molecule has 0 aromatic carbocycles. The van der Waals surface area contributed by atoms with Gasteiger partial charge in [0.25, 0.3) is 5.91 Å². The lowest BCUT2D eigenvalue weighted by atomic mass is 9.96. The number of hydrogen-bond donors (Lipinski definition) is 1. The molecule has 0 radical (unpaired) electrons. The minimum Gasteiger partial charge on any atom is -0.384 e. The molecule has 20 heavy (non-hydrogen) atoms. The molecular formula is C16H25N3O. The number of nitrogens with two attached hydrogens (primary N) is 1. The number of amides is 1. The first-order valence-corrected chi connectivity index (χ1v) is 7.50. The molecule has 0 saturated carbocycles. The largest absolute Gasteiger partial charge is 0.384 e. The SMILES string of the molecule is CC(C)c1cc(C(=O)N2[C@H](C)CCC[C@@H]2C)cc(N)n1. The van der Waals surface area contributed by atoms with E-state index in [1.807, 2.05) is 11.0 Å². The van der Waals surface area contributed by atoms with E-state index in [2.05, 4.69) is 32.7 Å². The van der Waals surface area contributed by atoms with Crippen molar-refractivity contribution in [3.05, 3.63) is 23.4 Å². The molecule has 0 bridgehead atoms. The normalized spacial score (nSPS) is 23.1. The van der Waals surface area contributed by atoms with Gasteiger partial charge in [0.15, 0.2) is 0 Å². The van der Waals surface area contributed by atoms with Crippen LogP contribution >= 0.6 is 0 Å². The predicted octanol–water partition coefficient (Wildman–Crippen LogP) is 3.19. The summed E-state index contributed by atoms with van der Waals surface area (Å²) in [6.07, 6.45) is 3.35. The molecule has 4 nitrogen and oxygen atoms in total. The molecule has 0 unspecified atom stereocenters. The number of hydrogen-bond acceptors (Lipinski definition) is 3. The summed E-state index contributed by atoms with van der Waals surface area (Å²) in [4.78, 5) is 19.1. The van der Waals surface area contributed by atoms with Crippen LogP contribution in [-0.2, 0) is 0 Å². The van der Waals surface area contributed by atoms with Crippen LogP contribution in [0.4, 0.5) is 5.82 Å². The fourth-order valence-corrected chi connectivity index (χ4v) is 2.96. The molecule has 1 aliphatic rings. The number of piperidine rings is 1. The van der Waals surface area contributed by atoms with Crippen LogP contribution in [0.15, 0.2) is 12.1 Å². The van der Waals surface area contributed by atoms with Crippen molar-refractivity contribution >= 4 is 11.7 Å². The first kappa shape index (κ1) is 14.8. The third-order valence-electron chi connectivity index (χ3n) is 4.13. The second-order valence-electron chi connectivity index (χ2n) is 6.20. The van der Waals surface area contributed by atoms with Crippen molar-refractivity contribution in [3.8, 4) is 0 Å². The third kappa shape index (κ3) is 2.94. The lowest BCUT2D eigenvalue weighted by Crippen LogP contribution is -2.47. The van der Waals surface area contributed by atoms with Crippen molar-refractivity contribution in [1.29, 1.82) is 0 Å². The number of nitrogens with zero attached hydrogens (tertiary/aromatic N) is 2. The molecular weight excluding hydrogens is 250 g/mol. The standard InChI is InChI=1S/C16H25N3O/c1-10(2)14-8-13(9-15(17)18-14)16(20)19-11(3)6-5-7-12(19)4/h8-12H,5-7H2,1-4H3,(H2,17,18)/t11-,12+. The highest BCUT2D eigenvalue weighted by atomic mass is 16.2. The number of rotatable bonds is 2. The Kier molecular flexibility index (Phi) is 4.31. The predicted molar refractivity (Wildman–Crippen MR) is 81.7 cm³/mol. The summed E-state index contributed by atoms with van der Waals surface area (Å²) in [5, 5.41) is 0. The minimum atomic E-state index is 0.0840. The Balaban J connectivity index is 2.32. The van der Waals surface area contributed by atoms with Gasteiger partial charge in [0.2, 0.25) is 0 Å². The number of carbonyl (C=O) groups is 1. The molecule has 2 rings (SSSR count). The van der Waals surface area contributed by atoms with Crippen molar-refractivity contribution < 1.29 is 4.79 Å². The Bertz CT molecular complexity index is 488. The van der Waals surface area contributed by atoms with E-state index in [1.54, 1.807) is 6.07 Å². The van der Waals surface area contributed by atoms with Gasteiger partial charge >= 0.3 is 0 Å². The summed E-state index contributed by atoms with van der Waals surface area (Å²) >= 11 is 0. The zero-order valence-electron chi connectivity index (χ0n) is 12.9. The number of carbonyl (C=O) groups excluding carboxylic acids is 1. The minimum absolute atomic E-state index is 0.0840. The van der Waals surface area contributed by atoms with Crippen molar-refractivity contribution in [2.75, 3.05) is 5.73 Å². The maximum atomic E-state index is 12.8. The Labute approximate surface area is 121 Å². The van der Waals surface area contributed by atoms with Gasteiger partial charge in [-0.15, -0.1) is 0 Å². The zero-order chi connectivity index (χ0) is 14.9. The van der Waals surface area contributed by atoms with Crippen LogP contribution in [0.25, 0.3) is 0 Å².